The van der Waals surface area contributed by atoms with Crippen LogP contribution < -0.4 is 11.1 Å². The van der Waals surface area contributed by atoms with Crippen LogP contribution in [0, 0.1) is 23.7 Å². The summed E-state index contributed by atoms with van der Waals surface area (Å²) in [6, 6.07) is 1.35. The molecule has 3 aliphatic rings. The number of hydrogen-bond donors (Lipinski definition) is 2. The molecule has 3 aliphatic carbocycles. The highest BCUT2D eigenvalue weighted by atomic mass is 16.5. The van der Waals surface area contributed by atoms with Crippen LogP contribution in [-0.2, 0) is 4.74 Å². The van der Waals surface area contributed by atoms with Crippen LogP contribution >= 0.6 is 0 Å². The lowest BCUT2D eigenvalue weighted by Gasteiger charge is -2.20. The quantitative estimate of drug-likeness (QED) is 0.704. The van der Waals surface area contributed by atoms with Gasteiger partial charge in [0, 0.05) is 19.2 Å². The summed E-state index contributed by atoms with van der Waals surface area (Å²) in [6.45, 7) is 1.63. The average Bonchev–Trinajstić information content (AvgIpc) is 2.74. The summed E-state index contributed by atoms with van der Waals surface area (Å²) in [5, 5.41) is 3.85. The fourth-order valence-corrected chi connectivity index (χ4v) is 4.60. The molecule has 3 saturated carbocycles. The van der Waals surface area contributed by atoms with E-state index in [1.54, 1.807) is 7.11 Å². The fourth-order valence-electron chi connectivity index (χ4n) is 4.60. The summed E-state index contributed by atoms with van der Waals surface area (Å²) in [4.78, 5) is 0. The van der Waals surface area contributed by atoms with Gasteiger partial charge >= 0.3 is 0 Å². The summed E-state index contributed by atoms with van der Waals surface area (Å²) in [7, 11) is 1.80. The van der Waals surface area contributed by atoms with E-state index < -0.39 is 0 Å². The van der Waals surface area contributed by atoms with Crippen LogP contribution in [0.4, 0.5) is 0 Å². The van der Waals surface area contributed by atoms with E-state index >= 15 is 0 Å². The van der Waals surface area contributed by atoms with Crippen molar-refractivity contribution in [2.75, 3.05) is 20.3 Å². The van der Waals surface area contributed by atoms with Crippen LogP contribution in [-0.4, -0.2) is 32.3 Å². The molecule has 0 amide bonds. The average molecular weight is 238 g/mol. The summed E-state index contributed by atoms with van der Waals surface area (Å²) in [5.74, 6) is 4.15. The van der Waals surface area contributed by atoms with E-state index in [1.165, 1.54) is 19.3 Å². The Hall–Kier alpha value is -0.120. The molecule has 0 aromatic heterocycles. The van der Waals surface area contributed by atoms with Gasteiger partial charge in [0.15, 0.2) is 0 Å². The van der Waals surface area contributed by atoms with E-state index in [-0.39, 0.29) is 0 Å². The van der Waals surface area contributed by atoms with Crippen LogP contribution in [0.1, 0.15) is 32.1 Å². The lowest BCUT2D eigenvalue weighted by atomic mass is 10.0. The highest BCUT2D eigenvalue weighted by Crippen LogP contribution is 2.65. The molecule has 17 heavy (non-hydrogen) atoms. The third-order valence-electron chi connectivity index (χ3n) is 5.29. The highest BCUT2D eigenvalue weighted by molar-refractivity contribution is 5.17. The van der Waals surface area contributed by atoms with E-state index in [4.69, 9.17) is 10.5 Å². The number of hydrogen-bond acceptors (Lipinski definition) is 3. The molecule has 0 aromatic carbocycles. The maximum atomic E-state index is 5.60. The molecule has 5 atom stereocenters. The molecule has 0 aliphatic heterocycles. The third kappa shape index (κ3) is 2.13. The normalized spacial score (nSPS) is 43.8. The zero-order chi connectivity index (χ0) is 11.8. The monoisotopic (exact) mass is 238 g/mol. The van der Waals surface area contributed by atoms with E-state index in [9.17, 15) is 0 Å². The molecule has 3 N–H and O–H groups in total. The van der Waals surface area contributed by atoms with Crippen molar-refractivity contribution in [3.05, 3.63) is 0 Å². The van der Waals surface area contributed by atoms with Crippen molar-refractivity contribution < 1.29 is 4.74 Å². The van der Waals surface area contributed by atoms with Gasteiger partial charge in [-0.2, -0.15) is 0 Å². The van der Waals surface area contributed by atoms with Crippen molar-refractivity contribution in [3.8, 4) is 0 Å². The molecule has 0 heterocycles. The Kier molecular flexibility index (Phi) is 3.42. The van der Waals surface area contributed by atoms with Crippen molar-refractivity contribution in [2.24, 2.45) is 29.4 Å². The standard InChI is InChI=1S/C14H26N2O/c1-17-8-11(3-2-6-15)16-14-12-9-4-5-10(7-9)13(12)14/h9-14,16H,2-8,15H2,1H3. The van der Waals surface area contributed by atoms with Crippen LogP contribution in [0.5, 0.6) is 0 Å². The zero-order valence-corrected chi connectivity index (χ0v) is 10.9. The van der Waals surface area contributed by atoms with Gasteiger partial charge in [0.1, 0.15) is 0 Å². The van der Waals surface area contributed by atoms with E-state index in [1.807, 2.05) is 0 Å². The topological polar surface area (TPSA) is 47.3 Å². The number of ether oxygens (including phenoxy) is 1. The largest absolute Gasteiger partial charge is 0.383 e. The van der Waals surface area contributed by atoms with Gasteiger partial charge in [0.2, 0.25) is 0 Å². The van der Waals surface area contributed by atoms with Gasteiger partial charge in [-0.1, -0.05) is 0 Å². The summed E-state index contributed by atoms with van der Waals surface area (Å²) >= 11 is 0. The van der Waals surface area contributed by atoms with Crippen molar-refractivity contribution in [2.45, 2.75) is 44.2 Å². The third-order valence-corrected chi connectivity index (χ3v) is 5.29. The van der Waals surface area contributed by atoms with Crippen LogP contribution in [0.3, 0.4) is 0 Å². The van der Waals surface area contributed by atoms with Crippen molar-refractivity contribution in [1.82, 2.24) is 5.32 Å². The lowest BCUT2D eigenvalue weighted by molar-refractivity contribution is 0.158. The first-order chi connectivity index (χ1) is 8.35. The Morgan fingerprint density at radius 3 is 2.59 bits per heavy atom. The predicted octanol–water partition coefficient (Wildman–Crippen LogP) is 1.37. The highest BCUT2D eigenvalue weighted by Gasteiger charge is 2.64. The summed E-state index contributed by atoms with van der Waals surface area (Å²) < 4.78 is 5.32. The second-order valence-corrected chi connectivity index (χ2v) is 6.26. The predicted molar refractivity (Wildman–Crippen MR) is 68.7 cm³/mol. The Morgan fingerprint density at radius 1 is 1.29 bits per heavy atom. The molecule has 5 unspecified atom stereocenters. The Morgan fingerprint density at radius 2 is 2.00 bits per heavy atom. The first-order valence-electron chi connectivity index (χ1n) is 7.30. The number of nitrogens with two attached hydrogens (primary N) is 1. The number of nitrogens with one attached hydrogen (secondary N) is 1. The molecule has 2 bridgehead atoms. The Labute approximate surface area is 104 Å². The first kappa shape index (κ1) is 11.9. The van der Waals surface area contributed by atoms with Gasteiger partial charge in [-0.15, -0.1) is 0 Å². The second kappa shape index (κ2) is 4.87. The molecule has 0 saturated heterocycles. The fraction of sp³-hybridized carbons (Fsp3) is 1.00. The first-order valence-corrected chi connectivity index (χ1v) is 7.30. The summed E-state index contributed by atoms with van der Waals surface area (Å²) in [5.41, 5.74) is 5.60. The molecular formula is C14H26N2O. The molecular weight excluding hydrogens is 212 g/mol. The van der Waals surface area contributed by atoms with Gasteiger partial charge < -0.3 is 15.8 Å². The second-order valence-electron chi connectivity index (χ2n) is 6.26. The van der Waals surface area contributed by atoms with Crippen LogP contribution in [0.2, 0.25) is 0 Å². The van der Waals surface area contributed by atoms with Crippen molar-refractivity contribution >= 4 is 0 Å². The van der Waals surface area contributed by atoms with E-state index in [0.29, 0.717) is 6.04 Å². The number of rotatable bonds is 7. The van der Waals surface area contributed by atoms with Gasteiger partial charge in [-0.05, 0) is 62.3 Å². The number of fused-ring (bicyclic) bond motifs is 5. The van der Waals surface area contributed by atoms with Crippen LogP contribution in [0.25, 0.3) is 0 Å². The molecule has 3 nitrogen and oxygen atoms in total. The van der Waals surface area contributed by atoms with Crippen molar-refractivity contribution in [3.63, 3.8) is 0 Å². The Bertz CT molecular complexity index is 255. The number of methoxy groups -OCH3 is 1. The molecule has 3 fully saturated rings. The van der Waals surface area contributed by atoms with Gasteiger partial charge in [0.25, 0.3) is 0 Å². The SMILES string of the molecule is COCC(CCCN)NC1C2C3CCC(C3)C12. The molecule has 3 heteroatoms. The van der Waals surface area contributed by atoms with Crippen molar-refractivity contribution in [1.29, 1.82) is 0 Å². The molecule has 0 radical (unpaired) electrons. The summed E-state index contributed by atoms with van der Waals surface area (Å²) in [6.07, 6.45) is 6.81. The molecule has 3 rings (SSSR count). The molecule has 0 spiro atoms. The van der Waals surface area contributed by atoms with E-state index in [0.717, 1.165) is 55.7 Å². The molecule has 0 aromatic rings. The van der Waals surface area contributed by atoms with E-state index in [2.05, 4.69) is 5.32 Å². The zero-order valence-electron chi connectivity index (χ0n) is 10.9. The van der Waals surface area contributed by atoms with Gasteiger partial charge in [-0.3, -0.25) is 0 Å². The molecule has 98 valence electrons. The minimum absolute atomic E-state index is 0.526. The van der Waals surface area contributed by atoms with Gasteiger partial charge in [0.05, 0.1) is 6.61 Å². The van der Waals surface area contributed by atoms with Crippen LogP contribution in [0.15, 0.2) is 0 Å². The minimum Gasteiger partial charge on any atom is -0.383 e. The maximum Gasteiger partial charge on any atom is 0.0615 e. The maximum absolute atomic E-state index is 5.60. The van der Waals surface area contributed by atoms with Gasteiger partial charge in [-0.25, -0.2) is 0 Å². The Balaban J connectivity index is 1.49. The smallest absolute Gasteiger partial charge is 0.0615 e. The minimum atomic E-state index is 0.526. The lowest BCUT2D eigenvalue weighted by Crippen LogP contribution is -2.37.